The molecule has 2 fully saturated rings. The van der Waals surface area contributed by atoms with E-state index in [1.165, 1.54) is 0 Å². The number of aryl methyl sites for hydroxylation is 1. The minimum Gasteiger partial charge on any atom is -0.343 e. The summed E-state index contributed by atoms with van der Waals surface area (Å²) >= 11 is 0. The highest BCUT2D eigenvalue weighted by Gasteiger charge is 2.33. The molecule has 2 saturated heterocycles. The Balaban J connectivity index is 1.57. The van der Waals surface area contributed by atoms with Crippen molar-refractivity contribution < 1.29 is 14.4 Å². The second kappa shape index (κ2) is 7.25. The molecule has 2 aliphatic rings. The van der Waals surface area contributed by atoms with Crippen molar-refractivity contribution >= 4 is 23.4 Å². The number of piperidine rings is 1. The van der Waals surface area contributed by atoms with E-state index in [1.807, 2.05) is 31.2 Å². The van der Waals surface area contributed by atoms with E-state index in [1.54, 1.807) is 21.6 Å². The second-order valence-electron chi connectivity index (χ2n) is 6.92. The molecule has 3 amide bonds. The van der Waals surface area contributed by atoms with Gasteiger partial charge >= 0.3 is 0 Å². The summed E-state index contributed by atoms with van der Waals surface area (Å²) < 4.78 is 0. The molecule has 0 radical (unpaired) electrons. The van der Waals surface area contributed by atoms with E-state index >= 15 is 0 Å². The van der Waals surface area contributed by atoms with Gasteiger partial charge in [0, 0.05) is 44.7 Å². The molecule has 1 aromatic carbocycles. The number of anilines is 1. The van der Waals surface area contributed by atoms with Crippen molar-refractivity contribution in [3.05, 3.63) is 29.8 Å². The topological polar surface area (TPSA) is 60.9 Å². The number of amides is 3. The Kier molecular flexibility index (Phi) is 5.06. The smallest absolute Gasteiger partial charge is 0.246 e. The molecular weight excluding hydrogens is 318 g/mol. The van der Waals surface area contributed by atoms with Crippen LogP contribution in [0.25, 0.3) is 0 Å². The van der Waals surface area contributed by atoms with Gasteiger partial charge in [-0.05, 0) is 31.9 Å². The molecule has 0 aliphatic carbocycles. The summed E-state index contributed by atoms with van der Waals surface area (Å²) in [7, 11) is 0. The predicted octanol–water partition coefficient (Wildman–Crippen LogP) is 1.43. The van der Waals surface area contributed by atoms with Crippen LogP contribution in [0.3, 0.4) is 0 Å². The second-order valence-corrected chi connectivity index (χ2v) is 6.92. The molecule has 0 unspecified atom stereocenters. The van der Waals surface area contributed by atoms with E-state index in [0.717, 1.165) is 11.3 Å². The van der Waals surface area contributed by atoms with Crippen LogP contribution in [0.1, 0.15) is 25.3 Å². The monoisotopic (exact) mass is 343 g/mol. The highest BCUT2D eigenvalue weighted by molar-refractivity contribution is 5.98. The van der Waals surface area contributed by atoms with E-state index in [4.69, 9.17) is 0 Å². The molecule has 134 valence electrons. The van der Waals surface area contributed by atoms with Crippen LogP contribution >= 0.6 is 0 Å². The molecule has 6 heteroatoms. The van der Waals surface area contributed by atoms with Gasteiger partial charge in [-0.2, -0.15) is 0 Å². The average Bonchev–Trinajstić information content (AvgIpc) is 2.62. The highest BCUT2D eigenvalue weighted by atomic mass is 16.2. The minimum atomic E-state index is -0.0747. The fraction of sp³-hybridized carbons (Fsp3) is 0.526. The van der Waals surface area contributed by atoms with E-state index in [0.29, 0.717) is 39.0 Å². The molecule has 0 aromatic heterocycles. The van der Waals surface area contributed by atoms with Crippen LogP contribution in [0.5, 0.6) is 0 Å². The quantitative estimate of drug-likeness (QED) is 0.816. The molecule has 0 saturated carbocycles. The molecule has 6 nitrogen and oxygen atoms in total. The summed E-state index contributed by atoms with van der Waals surface area (Å²) in [5, 5.41) is 0. The van der Waals surface area contributed by atoms with E-state index in [-0.39, 0.29) is 30.2 Å². The zero-order valence-corrected chi connectivity index (χ0v) is 14.9. The molecule has 25 heavy (non-hydrogen) atoms. The zero-order valence-electron chi connectivity index (χ0n) is 14.9. The van der Waals surface area contributed by atoms with Crippen molar-refractivity contribution in [3.8, 4) is 0 Å². The summed E-state index contributed by atoms with van der Waals surface area (Å²) in [6, 6.07) is 7.87. The molecule has 0 bridgehead atoms. The first kappa shape index (κ1) is 17.5. The average molecular weight is 343 g/mol. The van der Waals surface area contributed by atoms with Crippen LogP contribution in [-0.2, 0) is 14.4 Å². The standard InChI is InChI=1S/C19H25N3O3/c1-14-3-5-17(6-4-14)22-12-11-21(13-18(22)24)19(25)16-7-9-20(10-8-16)15(2)23/h3-6,16H,7-13H2,1-2H3. The van der Waals surface area contributed by atoms with Crippen LogP contribution in [0.4, 0.5) is 5.69 Å². The van der Waals surface area contributed by atoms with Crippen molar-refractivity contribution in [3.63, 3.8) is 0 Å². The van der Waals surface area contributed by atoms with Gasteiger partial charge in [0.25, 0.3) is 0 Å². The largest absolute Gasteiger partial charge is 0.343 e. The van der Waals surface area contributed by atoms with Gasteiger partial charge in [0.15, 0.2) is 0 Å². The zero-order chi connectivity index (χ0) is 18.0. The van der Waals surface area contributed by atoms with Crippen molar-refractivity contribution in [2.24, 2.45) is 5.92 Å². The maximum Gasteiger partial charge on any atom is 0.246 e. The number of hydrogen-bond acceptors (Lipinski definition) is 3. The van der Waals surface area contributed by atoms with Gasteiger partial charge in [-0.3, -0.25) is 14.4 Å². The van der Waals surface area contributed by atoms with Crippen molar-refractivity contribution in [2.45, 2.75) is 26.7 Å². The Morgan fingerprint density at radius 3 is 2.16 bits per heavy atom. The molecule has 0 N–H and O–H groups in total. The normalized spacial score (nSPS) is 19.3. The SMILES string of the molecule is CC(=O)N1CCC(C(=O)N2CCN(c3ccc(C)cc3)C(=O)C2)CC1. The first-order valence-corrected chi connectivity index (χ1v) is 8.87. The number of hydrogen-bond donors (Lipinski definition) is 0. The lowest BCUT2D eigenvalue weighted by molar-refractivity contribution is -0.143. The lowest BCUT2D eigenvalue weighted by Crippen LogP contribution is -2.54. The molecule has 2 aliphatic heterocycles. The summed E-state index contributed by atoms with van der Waals surface area (Å²) in [6.45, 7) is 6.06. The number of likely N-dealkylation sites (tertiary alicyclic amines) is 1. The fourth-order valence-electron chi connectivity index (χ4n) is 3.56. The van der Waals surface area contributed by atoms with Gasteiger partial charge in [-0.1, -0.05) is 17.7 Å². The van der Waals surface area contributed by atoms with Crippen LogP contribution in [-0.4, -0.2) is 60.2 Å². The number of rotatable bonds is 2. The molecule has 1 aromatic rings. The third-order valence-electron chi connectivity index (χ3n) is 5.17. The maximum atomic E-state index is 12.7. The molecular formula is C19H25N3O3. The van der Waals surface area contributed by atoms with Crippen molar-refractivity contribution in [1.82, 2.24) is 9.80 Å². The maximum absolute atomic E-state index is 12.7. The van der Waals surface area contributed by atoms with Crippen LogP contribution < -0.4 is 4.90 Å². The van der Waals surface area contributed by atoms with Gasteiger partial charge in [-0.25, -0.2) is 0 Å². The summed E-state index contributed by atoms with van der Waals surface area (Å²) in [5.74, 6) is 0.00634. The third-order valence-corrected chi connectivity index (χ3v) is 5.17. The molecule has 2 heterocycles. The lowest BCUT2D eigenvalue weighted by atomic mass is 9.95. The van der Waals surface area contributed by atoms with Crippen molar-refractivity contribution in [2.75, 3.05) is 37.6 Å². The van der Waals surface area contributed by atoms with Gasteiger partial charge in [0.2, 0.25) is 17.7 Å². The van der Waals surface area contributed by atoms with Crippen LogP contribution in [0.15, 0.2) is 24.3 Å². The number of nitrogens with zero attached hydrogens (tertiary/aromatic N) is 3. The minimum absolute atomic E-state index is 0.0374. The highest BCUT2D eigenvalue weighted by Crippen LogP contribution is 2.23. The molecule has 0 spiro atoms. The number of carbonyl (C=O) groups is 3. The Hall–Kier alpha value is -2.37. The van der Waals surface area contributed by atoms with Gasteiger partial charge in [0.05, 0.1) is 0 Å². The Labute approximate surface area is 148 Å². The van der Waals surface area contributed by atoms with Crippen molar-refractivity contribution in [1.29, 1.82) is 0 Å². The van der Waals surface area contributed by atoms with Crippen LogP contribution in [0, 0.1) is 12.8 Å². The predicted molar refractivity (Wildman–Crippen MR) is 95.1 cm³/mol. The van der Waals surface area contributed by atoms with Gasteiger partial charge in [0.1, 0.15) is 6.54 Å². The number of carbonyl (C=O) groups excluding carboxylic acids is 3. The first-order chi connectivity index (χ1) is 12.0. The number of benzene rings is 1. The Morgan fingerprint density at radius 2 is 1.60 bits per heavy atom. The molecule has 0 atom stereocenters. The summed E-state index contributed by atoms with van der Waals surface area (Å²) in [5.41, 5.74) is 2.04. The Morgan fingerprint density at radius 1 is 0.960 bits per heavy atom. The first-order valence-electron chi connectivity index (χ1n) is 8.87. The van der Waals surface area contributed by atoms with Gasteiger partial charge in [-0.15, -0.1) is 0 Å². The fourth-order valence-corrected chi connectivity index (χ4v) is 3.56. The molecule has 3 rings (SSSR count). The summed E-state index contributed by atoms with van der Waals surface area (Å²) in [4.78, 5) is 41.8. The van der Waals surface area contributed by atoms with E-state index in [9.17, 15) is 14.4 Å². The van der Waals surface area contributed by atoms with E-state index in [2.05, 4.69) is 0 Å². The lowest BCUT2D eigenvalue weighted by Gasteiger charge is -2.38. The number of piperazine rings is 1. The Bertz CT molecular complexity index is 663. The summed E-state index contributed by atoms with van der Waals surface area (Å²) in [6.07, 6.45) is 1.37. The van der Waals surface area contributed by atoms with E-state index < -0.39 is 0 Å². The van der Waals surface area contributed by atoms with Gasteiger partial charge < -0.3 is 14.7 Å². The van der Waals surface area contributed by atoms with Crippen LogP contribution in [0.2, 0.25) is 0 Å². The third kappa shape index (κ3) is 3.83.